The number of alkyl halides is 3. The van der Waals surface area contributed by atoms with Gasteiger partial charge in [-0.15, -0.1) is 0 Å². The van der Waals surface area contributed by atoms with E-state index in [1.165, 1.54) is 6.07 Å². The van der Waals surface area contributed by atoms with Gasteiger partial charge in [0, 0.05) is 24.3 Å². The lowest BCUT2D eigenvalue weighted by atomic mass is 9.99. The van der Waals surface area contributed by atoms with E-state index in [2.05, 4.69) is 0 Å². The zero-order valence-electron chi connectivity index (χ0n) is 11.2. The summed E-state index contributed by atoms with van der Waals surface area (Å²) in [6, 6.07) is 3.02. The number of piperidine rings is 1. The highest BCUT2D eigenvalue weighted by atomic mass is 19.4. The summed E-state index contributed by atoms with van der Waals surface area (Å²) in [5.74, 6) is -0.00908. The third kappa shape index (κ3) is 3.23. The average Bonchev–Trinajstić information content (AvgIpc) is 2.36. The molecule has 110 valence electrons. The quantitative estimate of drug-likeness (QED) is 0.806. The Balaban J connectivity index is 2.28. The molecule has 1 aliphatic heterocycles. The van der Waals surface area contributed by atoms with Crippen molar-refractivity contribution in [2.24, 2.45) is 5.92 Å². The number of amides is 1. The second kappa shape index (κ2) is 5.34. The number of hydrogen-bond acceptors (Lipinski definition) is 2. The largest absolute Gasteiger partial charge is 0.416 e. The Morgan fingerprint density at radius 1 is 1.35 bits per heavy atom. The molecule has 0 bridgehead atoms. The van der Waals surface area contributed by atoms with Gasteiger partial charge in [0.2, 0.25) is 0 Å². The lowest BCUT2D eigenvalue weighted by molar-refractivity contribution is -0.137. The SMILES string of the molecule is CC1CCCN(C(=O)c2cc(N)cc(C(F)(F)F)c2)C1. The predicted octanol–water partition coefficient (Wildman–Crippen LogP) is 3.16. The van der Waals surface area contributed by atoms with Crippen molar-refractivity contribution in [2.45, 2.75) is 25.9 Å². The van der Waals surface area contributed by atoms with Crippen molar-refractivity contribution in [3.05, 3.63) is 29.3 Å². The molecule has 1 unspecified atom stereocenters. The number of carbonyl (C=O) groups excluding carboxylic acids is 1. The highest BCUT2D eigenvalue weighted by molar-refractivity contribution is 5.95. The number of benzene rings is 1. The van der Waals surface area contributed by atoms with Crippen molar-refractivity contribution in [2.75, 3.05) is 18.8 Å². The normalized spacial score (nSPS) is 20.0. The highest BCUT2D eigenvalue weighted by Gasteiger charge is 2.32. The number of halogens is 3. The first-order valence-electron chi connectivity index (χ1n) is 6.54. The number of hydrogen-bond donors (Lipinski definition) is 1. The second-order valence-electron chi connectivity index (χ2n) is 5.34. The van der Waals surface area contributed by atoms with E-state index in [1.807, 2.05) is 6.92 Å². The van der Waals surface area contributed by atoms with Crippen LogP contribution in [0.1, 0.15) is 35.7 Å². The van der Waals surface area contributed by atoms with Gasteiger partial charge >= 0.3 is 6.18 Å². The topological polar surface area (TPSA) is 46.3 Å². The maximum Gasteiger partial charge on any atom is 0.416 e. The molecule has 0 saturated carbocycles. The first-order valence-corrected chi connectivity index (χ1v) is 6.54. The molecule has 1 aromatic rings. The molecule has 1 amide bonds. The average molecular weight is 286 g/mol. The molecule has 1 fully saturated rings. The monoisotopic (exact) mass is 286 g/mol. The van der Waals surface area contributed by atoms with Crippen molar-refractivity contribution in [1.82, 2.24) is 4.90 Å². The lowest BCUT2D eigenvalue weighted by Crippen LogP contribution is -2.39. The van der Waals surface area contributed by atoms with Gasteiger partial charge in [0.15, 0.2) is 0 Å². The second-order valence-corrected chi connectivity index (χ2v) is 5.34. The molecule has 20 heavy (non-hydrogen) atoms. The zero-order chi connectivity index (χ0) is 14.9. The van der Waals surface area contributed by atoms with Gasteiger partial charge in [0.05, 0.1) is 5.56 Å². The standard InChI is InChI=1S/C14H17F3N2O/c1-9-3-2-4-19(8-9)13(20)10-5-11(14(15,16)17)7-12(18)6-10/h5-7,9H,2-4,8,18H2,1H3. The summed E-state index contributed by atoms with van der Waals surface area (Å²) >= 11 is 0. The smallest absolute Gasteiger partial charge is 0.399 e. The Morgan fingerprint density at radius 3 is 2.65 bits per heavy atom. The van der Waals surface area contributed by atoms with E-state index in [4.69, 9.17) is 5.73 Å². The Morgan fingerprint density at radius 2 is 2.05 bits per heavy atom. The third-order valence-corrected chi connectivity index (χ3v) is 3.47. The molecule has 2 rings (SSSR count). The molecule has 0 spiro atoms. The van der Waals surface area contributed by atoms with Crippen LogP contribution in [0.25, 0.3) is 0 Å². The Labute approximate surface area is 115 Å². The van der Waals surface area contributed by atoms with Crippen molar-refractivity contribution >= 4 is 11.6 Å². The molecule has 0 aliphatic carbocycles. The van der Waals surface area contributed by atoms with Gasteiger partial charge in [-0.25, -0.2) is 0 Å². The fraction of sp³-hybridized carbons (Fsp3) is 0.500. The summed E-state index contributed by atoms with van der Waals surface area (Å²) in [6.07, 6.45) is -2.59. The fourth-order valence-electron chi connectivity index (χ4n) is 2.50. The number of rotatable bonds is 1. The molecule has 1 aliphatic rings. The van der Waals surface area contributed by atoms with Gasteiger partial charge in [-0.2, -0.15) is 13.2 Å². The maximum absolute atomic E-state index is 12.7. The number of nitrogens with zero attached hydrogens (tertiary/aromatic N) is 1. The molecular weight excluding hydrogens is 269 g/mol. The molecule has 0 radical (unpaired) electrons. The minimum Gasteiger partial charge on any atom is -0.399 e. The van der Waals surface area contributed by atoms with Crippen LogP contribution in [-0.2, 0) is 6.18 Å². The zero-order valence-corrected chi connectivity index (χ0v) is 11.2. The van der Waals surface area contributed by atoms with Gasteiger partial charge in [-0.3, -0.25) is 4.79 Å². The van der Waals surface area contributed by atoms with Crippen LogP contribution < -0.4 is 5.73 Å². The number of anilines is 1. The van der Waals surface area contributed by atoms with Crippen LogP contribution in [0, 0.1) is 5.92 Å². The van der Waals surface area contributed by atoms with E-state index in [0.29, 0.717) is 19.0 Å². The molecule has 1 saturated heterocycles. The van der Waals surface area contributed by atoms with Crippen LogP contribution in [0.15, 0.2) is 18.2 Å². The van der Waals surface area contributed by atoms with Crippen LogP contribution >= 0.6 is 0 Å². The number of carbonyl (C=O) groups is 1. The van der Waals surface area contributed by atoms with Gasteiger partial charge in [-0.1, -0.05) is 6.92 Å². The van der Waals surface area contributed by atoms with E-state index >= 15 is 0 Å². The van der Waals surface area contributed by atoms with Crippen molar-refractivity contribution in [1.29, 1.82) is 0 Å². The summed E-state index contributed by atoms with van der Waals surface area (Å²) in [5.41, 5.74) is 4.55. The van der Waals surface area contributed by atoms with Gasteiger partial charge < -0.3 is 10.6 Å². The molecule has 1 atom stereocenters. The fourth-order valence-corrected chi connectivity index (χ4v) is 2.50. The number of nitrogens with two attached hydrogens (primary N) is 1. The highest BCUT2D eigenvalue weighted by Crippen LogP contribution is 2.31. The van der Waals surface area contributed by atoms with E-state index in [1.54, 1.807) is 4.90 Å². The van der Waals surface area contributed by atoms with E-state index < -0.39 is 11.7 Å². The van der Waals surface area contributed by atoms with Crippen LogP contribution in [0.3, 0.4) is 0 Å². The van der Waals surface area contributed by atoms with Crippen LogP contribution in [0.4, 0.5) is 18.9 Å². The Kier molecular flexibility index (Phi) is 3.92. The van der Waals surface area contributed by atoms with Crippen molar-refractivity contribution < 1.29 is 18.0 Å². The van der Waals surface area contributed by atoms with Crippen molar-refractivity contribution in [3.63, 3.8) is 0 Å². The van der Waals surface area contributed by atoms with E-state index in [0.717, 1.165) is 25.0 Å². The van der Waals surface area contributed by atoms with Crippen LogP contribution in [-0.4, -0.2) is 23.9 Å². The molecule has 1 heterocycles. The molecule has 2 N–H and O–H groups in total. The summed E-state index contributed by atoms with van der Waals surface area (Å²) in [5, 5.41) is 0. The molecule has 6 heteroatoms. The summed E-state index contributed by atoms with van der Waals surface area (Å²) < 4.78 is 38.2. The van der Waals surface area contributed by atoms with Gasteiger partial charge in [0.1, 0.15) is 0 Å². The van der Waals surface area contributed by atoms with E-state index in [-0.39, 0.29) is 17.2 Å². The minimum atomic E-state index is -4.50. The lowest BCUT2D eigenvalue weighted by Gasteiger charge is -2.31. The summed E-state index contributed by atoms with van der Waals surface area (Å²) in [6.45, 7) is 3.19. The number of nitrogen functional groups attached to an aromatic ring is 1. The first kappa shape index (κ1) is 14.7. The molecule has 1 aromatic carbocycles. The summed E-state index contributed by atoms with van der Waals surface area (Å²) in [7, 11) is 0. The Bertz CT molecular complexity index is 514. The van der Waals surface area contributed by atoms with Crippen LogP contribution in [0.2, 0.25) is 0 Å². The van der Waals surface area contributed by atoms with Gasteiger partial charge in [-0.05, 0) is 37.0 Å². The van der Waals surface area contributed by atoms with Gasteiger partial charge in [0.25, 0.3) is 5.91 Å². The minimum absolute atomic E-state index is 0.00595. The summed E-state index contributed by atoms with van der Waals surface area (Å²) in [4.78, 5) is 13.9. The van der Waals surface area contributed by atoms with Crippen LogP contribution in [0.5, 0.6) is 0 Å². The maximum atomic E-state index is 12.7. The third-order valence-electron chi connectivity index (χ3n) is 3.47. The van der Waals surface area contributed by atoms with Crippen molar-refractivity contribution in [3.8, 4) is 0 Å². The van der Waals surface area contributed by atoms with E-state index in [9.17, 15) is 18.0 Å². The number of likely N-dealkylation sites (tertiary alicyclic amines) is 1. The first-order chi connectivity index (χ1) is 9.27. The predicted molar refractivity (Wildman–Crippen MR) is 70.2 cm³/mol. The molecule has 0 aromatic heterocycles. The molecular formula is C14H17F3N2O. The molecule has 3 nitrogen and oxygen atoms in total. The Hall–Kier alpha value is -1.72.